The van der Waals surface area contributed by atoms with Gasteiger partial charge in [0.2, 0.25) is 5.91 Å². The van der Waals surface area contributed by atoms with Crippen molar-refractivity contribution in [2.24, 2.45) is 0 Å². The third-order valence-electron chi connectivity index (χ3n) is 4.51. The summed E-state index contributed by atoms with van der Waals surface area (Å²) >= 11 is 1.78. The summed E-state index contributed by atoms with van der Waals surface area (Å²) in [6, 6.07) is 6.17. The van der Waals surface area contributed by atoms with Crippen LogP contribution in [0.4, 0.5) is 4.39 Å². The number of aromatic nitrogens is 1. The molecule has 0 atom stereocenters. The first-order chi connectivity index (χ1) is 11.0. The minimum absolute atomic E-state index is 0.126. The zero-order chi connectivity index (χ0) is 16.4. The monoisotopic (exact) mass is 332 g/mol. The number of likely N-dealkylation sites (tertiary alicyclic amines) is 1. The molecule has 1 aliphatic heterocycles. The van der Waals surface area contributed by atoms with Crippen LogP contribution in [0.5, 0.6) is 0 Å². The van der Waals surface area contributed by atoms with Crippen LogP contribution < -0.4 is 0 Å². The number of halogens is 1. The summed E-state index contributed by atoms with van der Waals surface area (Å²) in [4.78, 5) is 20.2. The molecule has 0 bridgehead atoms. The maximum absolute atomic E-state index is 12.9. The lowest BCUT2D eigenvalue weighted by Crippen LogP contribution is -2.38. The number of benzene rings is 1. The van der Waals surface area contributed by atoms with Gasteiger partial charge in [-0.3, -0.25) is 4.79 Å². The van der Waals surface area contributed by atoms with Crippen LogP contribution in [0.15, 0.2) is 24.3 Å². The molecular weight excluding hydrogens is 311 g/mol. The summed E-state index contributed by atoms with van der Waals surface area (Å²) in [7, 11) is 0. The molecule has 1 saturated heterocycles. The van der Waals surface area contributed by atoms with Gasteiger partial charge in [-0.25, -0.2) is 9.37 Å². The van der Waals surface area contributed by atoms with E-state index in [0.717, 1.165) is 37.2 Å². The summed E-state index contributed by atoms with van der Waals surface area (Å²) in [6.45, 7) is 5.72. The predicted octanol–water partition coefficient (Wildman–Crippen LogP) is 3.85. The van der Waals surface area contributed by atoms with Crippen molar-refractivity contribution in [2.45, 2.75) is 39.0 Å². The van der Waals surface area contributed by atoms with Crippen LogP contribution in [-0.2, 0) is 11.2 Å². The van der Waals surface area contributed by atoms with Crippen molar-refractivity contribution in [1.29, 1.82) is 0 Å². The number of amides is 1. The SMILES string of the molecule is Cc1nc(C2CCN(C(=O)Cc3ccc(F)cc3)CC2)sc1C. The Morgan fingerprint density at radius 2 is 1.91 bits per heavy atom. The summed E-state index contributed by atoms with van der Waals surface area (Å²) in [5.41, 5.74) is 1.99. The summed E-state index contributed by atoms with van der Waals surface area (Å²) in [5, 5.41) is 1.21. The van der Waals surface area contributed by atoms with E-state index in [4.69, 9.17) is 0 Å². The number of carbonyl (C=O) groups excluding carboxylic acids is 1. The van der Waals surface area contributed by atoms with Gasteiger partial charge in [-0.1, -0.05) is 12.1 Å². The Morgan fingerprint density at radius 1 is 1.26 bits per heavy atom. The second-order valence-corrected chi connectivity index (χ2v) is 7.39. The molecule has 3 rings (SSSR count). The van der Waals surface area contributed by atoms with E-state index in [2.05, 4.69) is 18.8 Å². The van der Waals surface area contributed by atoms with Crippen molar-refractivity contribution in [3.63, 3.8) is 0 Å². The molecule has 0 radical (unpaired) electrons. The van der Waals surface area contributed by atoms with E-state index < -0.39 is 0 Å². The molecule has 122 valence electrons. The molecule has 0 unspecified atom stereocenters. The van der Waals surface area contributed by atoms with Crippen molar-refractivity contribution in [2.75, 3.05) is 13.1 Å². The number of hydrogen-bond donors (Lipinski definition) is 0. The van der Waals surface area contributed by atoms with Gasteiger partial charge in [0.05, 0.1) is 17.1 Å². The second kappa shape index (κ2) is 6.79. The standard InChI is InChI=1S/C18H21FN2OS/c1-12-13(2)23-18(20-12)15-7-9-21(10-8-15)17(22)11-14-3-5-16(19)6-4-14/h3-6,15H,7-11H2,1-2H3. The molecule has 5 heteroatoms. The molecule has 1 aromatic carbocycles. The van der Waals surface area contributed by atoms with Gasteiger partial charge in [0.25, 0.3) is 0 Å². The Bertz CT molecular complexity index is 668. The fraction of sp³-hybridized carbons (Fsp3) is 0.444. The molecule has 1 amide bonds. The van der Waals surface area contributed by atoms with Gasteiger partial charge in [-0.05, 0) is 44.4 Å². The first kappa shape index (κ1) is 16.1. The van der Waals surface area contributed by atoms with Crippen LogP contribution in [0.3, 0.4) is 0 Å². The Kier molecular flexibility index (Phi) is 4.76. The van der Waals surface area contributed by atoms with Crippen LogP contribution in [0.2, 0.25) is 0 Å². The molecule has 0 aliphatic carbocycles. The molecule has 3 nitrogen and oxygen atoms in total. The molecule has 23 heavy (non-hydrogen) atoms. The van der Waals surface area contributed by atoms with Crippen molar-refractivity contribution in [1.82, 2.24) is 9.88 Å². The number of aryl methyl sites for hydroxylation is 2. The van der Waals surface area contributed by atoms with E-state index in [1.54, 1.807) is 23.5 Å². The Labute approximate surface area is 140 Å². The quantitative estimate of drug-likeness (QED) is 0.855. The number of rotatable bonds is 3. The van der Waals surface area contributed by atoms with Crippen LogP contribution in [0.1, 0.15) is 39.9 Å². The smallest absolute Gasteiger partial charge is 0.226 e. The van der Waals surface area contributed by atoms with Crippen molar-refractivity contribution < 1.29 is 9.18 Å². The summed E-state index contributed by atoms with van der Waals surface area (Å²) < 4.78 is 12.9. The Balaban J connectivity index is 1.55. The van der Waals surface area contributed by atoms with E-state index in [1.165, 1.54) is 22.0 Å². The average Bonchev–Trinajstić information content (AvgIpc) is 2.89. The largest absolute Gasteiger partial charge is 0.342 e. The number of thiazole rings is 1. The van der Waals surface area contributed by atoms with Crippen molar-refractivity contribution >= 4 is 17.2 Å². The Hall–Kier alpha value is -1.75. The first-order valence-corrected chi connectivity index (χ1v) is 8.80. The normalized spacial score (nSPS) is 15.9. The van der Waals surface area contributed by atoms with E-state index in [1.807, 2.05) is 4.90 Å². The van der Waals surface area contributed by atoms with E-state index in [-0.39, 0.29) is 11.7 Å². The van der Waals surface area contributed by atoms with E-state index >= 15 is 0 Å². The lowest BCUT2D eigenvalue weighted by Gasteiger charge is -2.31. The number of carbonyl (C=O) groups is 1. The van der Waals surface area contributed by atoms with Gasteiger partial charge < -0.3 is 4.90 Å². The average molecular weight is 332 g/mol. The highest BCUT2D eigenvalue weighted by Crippen LogP contribution is 2.32. The van der Waals surface area contributed by atoms with Crippen LogP contribution in [-0.4, -0.2) is 28.9 Å². The molecule has 0 spiro atoms. The van der Waals surface area contributed by atoms with Crippen LogP contribution >= 0.6 is 11.3 Å². The molecular formula is C18H21FN2OS. The highest BCUT2D eigenvalue weighted by molar-refractivity contribution is 7.11. The number of nitrogens with zero attached hydrogens (tertiary/aromatic N) is 2. The lowest BCUT2D eigenvalue weighted by atomic mass is 9.97. The first-order valence-electron chi connectivity index (χ1n) is 7.99. The highest BCUT2D eigenvalue weighted by atomic mass is 32.1. The maximum Gasteiger partial charge on any atom is 0.226 e. The molecule has 1 aliphatic rings. The van der Waals surface area contributed by atoms with Gasteiger partial charge in [0, 0.05) is 23.9 Å². The minimum atomic E-state index is -0.268. The molecule has 2 heterocycles. The third-order valence-corrected chi connectivity index (χ3v) is 5.75. The zero-order valence-electron chi connectivity index (χ0n) is 13.5. The predicted molar refractivity (Wildman–Crippen MR) is 90.2 cm³/mol. The summed E-state index contributed by atoms with van der Waals surface area (Å²) in [5.74, 6) is 0.333. The fourth-order valence-corrected chi connectivity index (χ4v) is 4.03. The molecule has 0 saturated carbocycles. The van der Waals surface area contributed by atoms with Crippen LogP contribution in [0, 0.1) is 19.7 Å². The van der Waals surface area contributed by atoms with Gasteiger partial charge in [0.15, 0.2) is 0 Å². The minimum Gasteiger partial charge on any atom is -0.342 e. The third kappa shape index (κ3) is 3.78. The van der Waals surface area contributed by atoms with E-state index in [0.29, 0.717) is 12.3 Å². The molecule has 2 aromatic rings. The van der Waals surface area contributed by atoms with Crippen LogP contribution in [0.25, 0.3) is 0 Å². The fourth-order valence-electron chi connectivity index (χ4n) is 2.94. The van der Waals surface area contributed by atoms with E-state index in [9.17, 15) is 9.18 Å². The second-order valence-electron chi connectivity index (χ2n) is 6.15. The zero-order valence-corrected chi connectivity index (χ0v) is 14.3. The summed E-state index contributed by atoms with van der Waals surface area (Å²) in [6.07, 6.45) is 2.30. The Morgan fingerprint density at radius 3 is 2.48 bits per heavy atom. The maximum atomic E-state index is 12.9. The van der Waals surface area contributed by atoms with Gasteiger partial charge in [0.1, 0.15) is 5.82 Å². The molecule has 0 N–H and O–H groups in total. The lowest BCUT2D eigenvalue weighted by molar-refractivity contribution is -0.131. The topological polar surface area (TPSA) is 33.2 Å². The van der Waals surface area contributed by atoms with Crippen molar-refractivity contribution in [3.8, 4) is 0 Å². The van der Waals surface area contributed by atoms with Gasteiger partial charge in [-0.2, -0.15) is 0 Å². The highest BCUT2D eigenvalue weighted by Gasteiger charge is 2.25. The molecule has 1 fully saturated rings. The number of hydrogen-bond acceptors (Lipinski definition) is 3. The van der Waals surface area contributed by atoms with Crippen molar-refractivity contribution in [3.05, 3.63) is 51.2 Å². The number of piperidine rings is 1. The van der Waals surface area contributed by atoms with Gasteiger partial charge in [-0.15, -0.1) is 11.3 Å². The molecule has 1 aromatic heterocycles. The van der Waals surface area contributed by atoms with Gasteiger partial charge >= 0.3 is 0 Å².